The highest BCUT2D eigenvalue weighted by molar-refractivity contribution is 6.05. The van der Waals surface area contributed by atoms with Crippen LogP contribution in [0.4, 0.5) is 5.69 Å². The van der Waals surface area contributed by atoms with Gasteiger partial charge in [0.2, 0.25) is 0 Å². The molecule has 192 valence electrons. The van der Waals surface area contributed by atoms with Crippen LogP contribution >= 0.6 is 0 Å². The van der Waals surface area contributed by atoms with E-state index in [1.807, 2.05) is 38.1 Å². The second-order valence-electron chi connectivity index (χ2n) is 11.9. The molecule has 1 amide bonds. The number of amides is 1. The number of hydrogen-bond acceptors (Lipinski definition) is 3. The summed E-state index contributed by atoms with van der Waals surface area (Å²) >= 11 is 0. The third kappa shape index (κ3) is 4.58. The van der Waals surface area contributed by atoms with Crippen LogP contribution in [0, 0.1) is 37.0 Å². The summed E-state index contributed by atoms with van der Waals surface area (Å²) in [5.74, 6) is 2.06. The van der Waals surface area contributed by atoms with E-state index in [-0.39, 0.29) is 11.5 Å². The lowest BCUT2D eigenvalue weighted by molar-refractivity contribution is -0.0570. The number of H-pyrrole nitrogens is 1. The minimum absolute atomic E-state index is 0.144. The highest BCUT2D eigenvalue weighted by atomic mass is 16.4. The van der Waals surface area contributed by atoms with Gasteiger partial charge >= 0.3 is 5.97 Å². The Morgan fingerprint density at radius 1 is 1.00 bits per heavy atom. The van der Waals surface area contributed by atoms with Gasteiger partial charge in [0.05, 0.1) is 5.56 Å². The number of nitrogens with zero attached hydrogens (tertiary/aromatic N) is 1. The Morgan fingerprint density at radius 3 is 2.32 bits per heavy atom. The molecule has 4 bridgehead atoms. The van der Waals surface area contributed by atoms with Gasteiger partial charge in [0.1, 0.15) is 11.5 Å². The molecule has 6 heteroatoms. The van der Waals surface area contributed by atoms with Crippen molar-refractivity contribution < 1.29 is 14.7 Å². The van der Waals surface area contributed by atoms with E-state index in [9.17, 15) is 14.7 Å². The van der Waals surface area contributed by atoms with E-state index in [0.717, 1.165) is 53.0 Å². The van der Waals surface area contributed by atoms with Crippen molar-refractivity contribution in [2.75, 3.05) is 5.32 Å². The largest absolute Gasteiger partial charge is 0.478 e. The second-order valence-corrected chi connectivity index (χ2v) is 11.9. The lowest BCUT2D eigenvalue weighted by atomic mass is 9.48. The molecule has 6 nitrogen and oxygen atoms in total. The number of carbonyl (C=O) groups excluding carboxylic acids is 1. The molecule has 0 spiro atoms. The molecule has 37 heavy (non-hydrogen) atoms. The first-order valence-corrected chi connectivity index (χ1v) is 13.6. The predicted molar refractivity (Wildman–Crippen MR) is 144 cm³/mol. The summed E-state index contributed by atoms with van der Waals surface area (Å²) in [5, 5.41) is 12.4. The summed E-state index contributed by atoms with van der Waals surface area (Å²) in [5.41, 5.74) is 5.22. The van der Waals surface area contributed by atoms with Crippen molar-refractivity contribution in [1.29, 1.82) is 0 Å². The Balaban J connectivity index is 1.30. The maximum absolute atomic E-state index is 13.6. The zero-order valence-corrected chi connectivity index (χ0v) is 21.6. The normalized spacial score (nSPS) is 25.8. The maximum Gasteiger partial charge on any atom is 0.335 e. The van der Waals surface area contributed by atoms with Crippen LogP contribution in [0.15, 0.2) is 42.5 Å². The smallest absolute Gasteiger partial charge is 0.335 e. The summed E-state index contributed by atoms with van der Waals surface area (Å²) in [7, 11) is 0. The van der Waals surface area contributed by atoms with Crippen molar-refractivity contribution in [2.45, 2.75) is 65.2 Å². The first-order valence-electron chi connectivity index (χ1n) is 13.6. The highest BCUT2D eigenvalue weighted by Gasteiger charge is 2.50. The number of hydrogen-bond donors (Lipinski definition) is 3. The number of nitrogens with one attached hydrogen (secondary N) is 2. The van der Waals surface area contributed by atoms with Crippen molar-refractivity contribution in [2.24, 2.45) is 23.2 Å². The number of carboxylic acid groups (broad SMARTS) is 1. The minimum Gasteiger partial charge on any atom is -0.478 e. The Bertz CT molecular complexity index is 1340. The van der Waals surface area contributed by atoms with Crippen molar-refractivity contribution in [3.8, 4) is 11.4 Å². The molecule has 4 fully saturated rings. The average molecular weight is 498 g/mol. The molecule has 3 aromatic rings. The number of anilines is 1. The first-order chi connectivity index (χ1) is 17.8. The molecule has 1 heterocycles. The number of carbonyl (C=O) groups is 2. The van der Waals surface area contributed by atoms with Crippen molar-refractivity contribution in [3.05, 3.63) is 70.5 Å². The van der Waals surface area contributed by atoms with E-state index in [1.54, 1.807) is 12.1 Å². The third-order valence-electron chi connectivity index (χ3n) is 9.20. The predicted octanol–water partition coefficient (Wildman–Crippen LogP) is 6.79. The summed E-state index contributed by atoms with van der Waals surface area (Å²) in [6.45, 7) is 3.91. The zero-order chi connectivity index (χ0) is 25.7. The van der Waals surface area contributed by atoms with Gasteiger partial charge in [0.25, 0.3) is 5.91 Å². The first kappa shape index (κ1) is 24.0. The third-order valence-corrected chi connectivity index (χ3v) is 9.20. The van der Waals surface area contributed by atoms with Gasteiger partial charge in [-0.3, -0.25) is 4.79 Å². The standard InChI is InChI=1S/C31H35N3O3/c1-18-5-3-4-6-24(18)28-32-25(9-10-31-15-20-11-21(16-31)13-22(12-20)17-31)27(34-28)29(35)33-26-14-23(30(36)37)8-7-19(26)2/h3-8,14,20-22H,9-13,15-17H2,1-2H3,(H,32,34)(H,33,35)(H,36,37). The van der Waals surface area contributed by atoms with Gasteiger partial charge < -0.3 is 15.4 Å². The van der Waals surface area contributed by atoms with E-state index in [0.29, 0.717) is 22.6 Å². The Morgan fingerprint density at radius 2 is 1.68 bits per heavy atom. The van der Waals surface area contributed by atoms with Crippen LogP contribution in [0.5, 0.6) is 0 Å². The van der Waals surface area contributed by atoms with Crippen molar-refractivity contribution in [1.82, 2.24) is 9.97 Å². The van der Waals surface area contributed by atoms with Crippen molar-refractivity contribution in [3.63, 3.8) is 0 Å². The number of aromatic amines is 1. The fourth-order valence-corrected chi connectivity index (χ4v) is 7.80. The van der Waals surface area contributed by atoms with Gasteiger partial charge in [-0.05, 0) is 112 Å². The molecule has 0 aliphatic heterocycles. The summed E-state index contributed by atoms with van der Waals surface area (Å²) < 4.78 is 0. The van der Waals surface area contributed by atoms with Crippen LogP contribution in [-0.4, -0.2) is 27.0 Å². The summed E-state index contributed by atoms with van der Waals surface area (Å²) in [4.78, 5) is 33.4. The van der Waals surface area contributed by atoms with E-state index in [1.165, 1.54) is 44.6 Å². The lowest BCUT2D eigenvalue weighted by Crippen LogP contribution is -2.46. The molecule has 7 rings (SSSR count). The van der Waals surface area contributed by atoms with E-state index >= 15 is 0 Å². The van der Waals surface area contributed by atoms with E-state index < -0.39 is 5.97 Å². The quantitative estimate of drug-likeness (QED) is 0.335. The Hall–Kier alpha value is -3.41. The summed E-state index contributed by atoms with van der Waals surface area (Å²) in [6, 6.07) is 12.8. The SMILES string of the molecule is Cc1ccc(C(=O)O)cc1NC(=O)c1nc(-c2ccccc2C)[nH]c1CCC12CC3CC(CC(C3)C1)C2. The topological polar surface area (TPSA) is 95.1 Å². The molecular weight excluding hydrogens is 462 g/mol. The minimum atomic E-state index is -1.02. The number of carboxylic acids is 1. The molecule has 0 atom stereocenters. The number of imidazole rings is 1. The molecule has 0 saturated heterocycles. The Kier molecular flexibility index (Phi) is 5.93. The number of aryl methyl sites for hydroxylation is 3. The second kappa shape index (κ2) is 9.16. The molecule has 0 radical (unpaired) electrons. The molecule has 4 aliphatic carbocycles. The molecular formula is C31H35N3O3. The van der Waals surface area contributed by atoms with Crippen molar-refractivity contribution >= 4 is 17.6 Å². The van der Waals surface area contributed by atoms with E-state index in [2.05, 4.69) is 10.3 Å². The monoisotopic (exact) mass is 497 g/mol. The van der Waals surface area contributed by atoms with Crippen LogP contribution in [0.1, 0.15) is 82.6 Å². The Labute approximate surface area is 217 Å². The number of rotatable bonds is 7. The lowest BCUT2D eigenvalue weighted by Gasteiger charge is -2.57. The van der Waals surface area contributed by atoms with Crippen LogP contribution in [-0.2, 0) is 6.42 Å². The van der Waals surface area contributed by atoms with Gasteiger partial charge in [-0.1, -0.05) is 30.3 Å². The number of benzene rings is 2. The molecule has 3 N–H and O–H groups in total. The zero-order valence-electron chi connectivity index (χ0n) is 21.6. The van der Waals surface area contributed by atoms with Gasteiger partial charge in [-0.25, -0.2) is 9.78 Å². The van der Waals surface area contributed by atoms with Crippen LogP contribution in [0.3, 0.4) is 0 Å². The number of aromatic nitrogens is 2. The molecule has 1 aromatic heterocycles. The van der Waals surface area contributed by atoms with Gasteiger partial charge in [-0.2, -0.15) is 0 Å². The fourth-order valence-electron chi connectivity index (χ4n) is 7.80. The van der Waals surface area contributed by atoms with Gasteiger partial charge in [0, 0.05) is 16.9 Å². The maximum atomic E-state index is 13.6. The highest BCUT2D eigenvalue weighted by Crippen LogP contribution is 2.61. The molecule has 0 unspecified atom stereocenters. The van der Waals surface area contributed by atoms with Gasteiger partial charge in [-0.15, -0.1) is 0 Å². The van der Waals surface area contributed by atoms with Crippen LogP contribution < -0.4 is 5.32 Å². The fraction of sp³-hybridized carbons (Fsp3) is 0.452. The van der Waals surface area contributed by atoms with Gasteiger partial charge in [0.15, 0.2) is 0 Å². The molecule has 2 aromatic carbocycles. The van der Waals surface area contributed by atoms with E-state index in [4.69, 9.17) is 4.98 Å². The summed E-state index contributed by atoms with van der Waals surface area (Å²) in [6.07, 6.45) is 10.1. The average Bonchev–Trinajstić information content (AvgIpc) is 3.28. The molecule has 4 aliphatic rings. The molecule has 4 saturated carbocycles. The number of aromatic carboxylic acids is 1. The van der Waals surface area contributed by atoms with Crippen LogP contribution in [0.25, 0.3) is 11.4 Å². The van der Waals surface area contributed by atoms with Crippen LogP contribution in [0.2, 0.25) is 0 Å².